The van der Waals surface area contributed by atoms with Gasteiger partial charge in [0, 0.05) is 23.9 Å². The standard InChI is InChI=1S/C20H19FN4S/c1-3-20(21)13(2)19-24(15-8-5-4-7-14(15)20)17-18(23-11-10-22-17)25(19)16-9-6-12-26-16/h4-13,19H,3H2,1-2H3. The van der Waals surface area contributed by atoms with Gasteiger partial charge in [0.1, 0.15) is 11.8 Å². The molecule has 2 aliphatic heterocycles. The summed E-state index contributed by atoms with van der Waals surface area (Å²) in [7, 11) is 0. The topological polar surface area (TPSA) is 32.3 Å². The van der Waals surface area contributed by atoms with Crippen LogP contribution in [0.15, 0.2) is 54.2 Å². The average molecular weight is 366 g/mol. The lowest BCUT2D eigenvalue weighted by Gasteiger charge is -2.47. The molecule has 0 aliphatic carbocycles. The maximum absolute atomic E-state index is 16.3. The van der Waals surface area contributed by atoms with Gasteiger partial charge in [-0.25, -0.2) is 14.4 Å². The number of rotatable bonds is 2. The summed E-state index contributed by atoms with van der Waals surface area (Å²) < 4.78 is 16.3. The predicted octanol–water partition coefficient (Wildman–Crippen LogP) is 5.38. The number of aromatic nitrogens is 2. The lowest BCUT2D eigenvalue weighted by molar-refractivity contribution is 0.0620. The van der Waals surface area contributed by atoms with E-state index in [-0.39, 0.29) is 12.1 Å². The minimum Gasteiger partial charge on any atom is -0.301 e. The summed E-state index contributed by atoms with van der Waals surface area (Å²) in [6, 6.07) is 11.9. The van der Waals surface area contributed by atoms with Gasteiger partial charge in [0.15, 0.2) is 11.6 Å². The molecule has 6 heteroatoms. The highest BCUT2D eigenvalue weighted by atomic mass is 32.1. The van der Waals surface area contributed by atoms with Gasteiger partial charge < -0.3 is 4.90 Å². The largest absolute Gasteiger partial charge is 0.301 e. The van der Waals surface area contributed by atoms with E-state index in [1.165, 1.54) is 0 Å². The van der Waals surface area contributed by atoms with Crippen LogP contribution < -0.4 is 9.80 Å². The molecule has 5 rings (SSSR count). The number of hydrogen-bond acceptors (Lipinski definition) is 5. The highest BCUT2D eigenvalue weighted by Gasteiger charge is 2.56. The van der Waals surface area contributed by atoms with Crippen LogP contribution in [0.25, 0.3) is 0 Å². The Labute approximate surface area is 155 Å². The number of para-hydroxylation sites is 1. The third-order valence-corrected chi connectivity index (χ3v) is 6.55. The number of alkyl halides is 1. The normalized spacial score (nSPS) is 26.4. The monoisotopic (exact) mass is 366 g/mol. The molecule has 0 fully saturated rings. The molecule has 0 bridgehead atoms. The van der Waals surface area contributed by atoms with E-state index in [4.69, 9.17) is 0 Å². The summed E-state index contributed by atoms with van der Waals surface area (Å²) in [5, 5.41) is 3.10. The fourth-order valence-corrected chi connectivity index (χ4v) is 5.17. The van der Waals surface area contributed by atoms with Crippen molar-refractivity contribution >= 4 is 33.7 Å². The summed E-state index contributed by atoms with van der Waals surface area (Å²) >= 11 is 1.64. The molecule has 1 aromatic carbocycles. The van der Waals surface area contributed by atoms with Crippen molar-refractivity contribution in [2.45, 2.75) is 32.1 Å². The van der Waals surface area contributed by atoms with Gasteiger partial charge in [-0.1, -0.05) is 32.0 Å². The molecule has 0 amide bonds. The molecule has 0 spiro atoms. The zero-order valence-corrected chi connectivity index (χ0v) is 15.4. The lowest BCUT2D eigenvalue weighted by atomic mass is 9.76. The van der Waals surface area contributed by atoms with Crippen LogP contribution in [0.2, 0.25) is 0 Å². The van der Waals surface area contributed by atoms with Gasteiger partial charge >= 0.3 is 0 Å². The Kier molecular flexibility index (Phi) is 3.34. The van der Waals surface area contributed by atoms with Crippen molar-refractivity contribution in [2.75, 3.05) is 9.80 Å². The first-order valence-corrected chi connectivity index (χ1v) is 9.76. The van der Waals surface area contributed by atoms with Gasteiger partial charge in [0.05, 0.1) is 10.7 Å². The zero-order chi connectivity index (χ0) is 17.9. The van der Waals surface area contributed by atoms with Crippen molar-refractivity contribution in [3.8, 4) is 0 Å². The van der Waals surface area contributed by atoms with E-state index in [0.29, 0.717) is 6.42 Å². The molecule has 0 N–H and O–H groups in total. The molecule has 2 aromatic heterocycles. The molecule has 132 valence electrons. The van der Waals surface area contributed by atoms with Crippen LogP contribution in [0.1, 0.15) is 25.8 Å². The molecular weight excluding hydrogens is 347 g/mol. The summed E-state index contributed by atoms with van der Waals surface area (Å²) in [5.74, 6) is 1.34. The molecule has 26 heavy (non-hydrogen) atoms. The summed E-state index contributed by atoms with van der Waals surface area (Å²) in [5.41, 5.74) is 0.242. The number of benzene rings is 1. The minimum absolute atomic E-state index is 0.189. The second-order valence-electron chi connectivity index (χ2n) is 6.83. The Morgan fingerprint density at radius 3 is 2.50 bits per heavy atom. The lowest BCUT2D eigenvalue weighted by Crippen LogP contribution is -2.53. The third-order valence-electron chi connectivity index (χ3n) is 5.68. The molecule has 4 heterocycles. The fourth-order valence-electron chi connectivity index (χ4n) is 4.40. The van der Waals surface area contributed by atoms with Crippen molar-refractivity contribution in [1.82, 2.24) is 9.97 Å². The summed E-state index contributed by atoms with van der Waals surface area (Å²) in [4.78, 5) is 13.5. The van der Waals surface area contributed by atoms with E-state index < -0.39 is 5.67 Å². The number of thiophene rings is 1. The maximum atomic E-state index is 16.3. The van der Waals surface area contributed by atoms with Crippen molar-refractivity contribution in [1.29, 1.82) is 0 Å². The predicted molar refractivity (Wildman–Crippen MR) is 103 cm³/mol. The molecule has 3 unspecified atom stereocenters. The maximum Gasteiger partial charge on any atom is 0.179 e. The van der Waals surface area contributed by atoms with Crippen LogP contribution in [0.4, 0.5) is 26.7 Å². The van der Waals surface area contributed by atoms with Crippen molar-refractivity contribution in [2.24, 2.45) is 5.92 Å². The zero-order valence-electron chi connectivity index (χ0n) is 14.6. The average Bonchev–Trinajstić information content (AvgIpc) is 3.31. The Balaban J connectivity index is 1.81. The first-order chi connectivity index (χ1) is 12.7. The summed E-state index contributed by atoms with van der Waals surface area (Å²) in [6.07, 6.45) is 3.66. The van der Waals surface area contributed by atoms with Gasteiger partial charge in [0.2, 0.25) is 0 Å². The van der Waals surface area contributed by atoms with Crippen LogP contribution in [0.5, 0.6) is 0 Å². The molecule has 0 radical (unpaired) electrons. The van der Waals surface area contributed by atoms with E-state index in [1.54, 1.807) is 23.7 Å². The number of fused-ring (bicyclic) bond motifs is 5. The SMILES string of the molecule is CCC1(F)c2ccccc2N2c3nccnc3N(c3cccs3)C2C1C. The van der Waals surface area contributed by atoms with E-state index in [2.05, 4.69) is 25.8 Å². The quantitative estimate of drug-likeness (QED) is 0.610. The molecule has 4 nitrogen and oxygen atoms in total. The van der Waals surface area contributed by atoms with Crippen LogP contribution in [-0.2, 0) is 5.67 Å². The van der Waals surface area contributed by atoms with Gasteiger partial charge in [-0.15, -0.1) is 11.3 Å². The van der Waals surface area contributed by atoms with Crippen LogP contribution in [-0.4, -0.2) is 16.1 Å². The van der Waals surface area contributed by atoms with Crippen LogP contribution in [0.3, 0.4) is 0 Å². The highest BCUT2D eigenvalue weighted by molar-refractivity contribution is 7.14. The van der Waals surface area contributed by atoms with Crippen molar-refractivity contribution in [3.63, 3.8) is 0 Å². The van der Waals surface area contributed by atoms with Gasteiger partial charge in [-0.3, -0.25) is 4.90 Å². The first-order valence-electron chi connectivity index (χ1n) is 8.88. The number of hydrogen-bond donors (Lipinski definition) is 0. The van der Waals surface area contributed by atoms with E-state index >= 15 is 4.39 Å². The molecule has 0 saturated carbocycles. The number of halogens is 1. The fraction of sp³-hybridized carbons (Fsp3) is 0.300. The van der Waals surface area contributed by atoms with Crippen molar-refractivity contribution in [3.05, 3.63) is 59.7 Å². The van der Waals surface area contributed by atoms with Gasteiger partial charge in [-0.2, -0.15) is 0 Å². The van der Waals surface area contributed by atoms with Gasteiger partial charge in [-0.05, 0) is 30.0 Å². The molecule has 2 aliphatic rings. The third kappa shape index (κ3) is 1.88. The Hall–Kier alpha value is -2.47. The Bertz CT molecular complexity index is 960. The molecule has 3 aromatic rings. The molecule has 0 saturated heterocycles. The smallest absolute Gasteiger partial charge is 0.179 e. The van der Waals surface area contributed by atoms with Crippen molar-refractivity contribution < 1.29 is 4.39 Å². The number of anilines is 4. The Morgan fingerprint density at radius 1 is 1.08 bits per heavy atom. The van der Waals surface area contributed by atoms with Gasteiger partial charge in [0.25, 0.3) is 0 Å². The van der Waals surface area contributed by atoms with Crippen LogP contribution in [0, 0.1) is 5.92 Å². The highest BCUT2D eigenvalue weighted by Crippen LogP contribution is 2.58. The summed E-state index contributed by atoms with van der Waals surface area (Å²) in [6.45, 7) is 3.93. The molecule has 3 atom stereocenters. The first kappa shape index (κ1) is 15.8. The minimum atomic E-state index is -1.39. The van der Waals surface area contributed by atoms with E-state index in [9.17, 15) is 0 Å². The second kappa shape index (κ2) is 5.51. The Morgan fingerprint density at radius 2 is 1.81 bits per heavy atom. The second-order valence-corrected chi connectivity index (χ2v) is 7.76. The van der Waals surface area contributed by atoms with E-state index in [1.807, 2.05) is 49.6 Å². The van der Waals surface area contributed by atoms with Crippen LogP contribution >= 0.6 is 11.3 Å². The molecular formula is C20H19FN4S. The number of nitrogens with zero attached hydrogens (tertiary/aromatic N) is 4. The van der Waals surface area contributed by atoms with E-state index in [0.717, 1.165) is 27.9 Å².